The Morgan fingerprint density at radius 1 is 1.48 bits per heavy atom. The normalized spacial score (nSPS) is 14.9. The van der Waals surface area contributed by atoms with Crippen LogP contribution in [0.3, 0.4) is 0 Å². The molecule has 21 heavy (non-hydrogen) atoms. The van der Waals surface area contributed by atoms with Gasteiger partial charge in [-0.25, -0.2) is 13.1 Å². The van der Waals surface area contributed by atoms with Crippen LogP contribution in [0.1, 0.15) is 18.9 Å². The third-order valence-corrected chi connectivity index (χ3v) is 4.96. The molecule has 0 aromatic heterocycles. The smallest absolute Gasteiger partial charge is 0.242 e. The fourth-order valence-electron chi connectivity index (χ4n) is 1.61. The van der Waals surface area contributed by atoms with E-state index in [0.29, 0.717) is 24.3 Å². The van der Waals surface area contributed by atoms with E-state index in [1.165, 1.54) is 26.2 Å². The molecule has 0 aliphatic heterocycles. The van der Waals surface area contributed by atoms with Gasteiger partial charge in [0.05, 0.1) is 10.6 Å². The molecule has 0 saturated heterocycles. The van der Waals surface area contributed by atoms with E-state index in [-0.39, 0.29) is 16.5 Å². The van der Waals surface area contributed by atoms with Crippen LogP contribution in [-0.4, -0.2) is 39.4 Å². The molecule has 0 aliphatic carbocycles. The lowest BCUT2D eigenvalue weighted by Gasteiger charge is -2.23. The second kappa shape index (κ2) is 6.93. The Labute approximate surface area is 130 Å². The highest BCUT2D eigenvalue weighted by atomic mass is 35.5. The van der Waals surface area contributed by atoms with Crippen LogP contribution in [0.2, 0.25) is 5.02 Å². The molecule has 0 spiro atoms. The fourth-order valence-corrected chi connectivity index (χ4v) is 3.39. The van der Waals surface area contributed by atoms with Crippen molar-refractivity contribution < 1.29 is 18.3 Å². The van der Waals surface area contributed by atoms with Crippen LogP contribution in [0.4, 0.5) is 5.69 Å². The summed E-state index contributed by atoms with van der Waals surface area (Å²) in [5.41, 5.74) is 5.54. The Morgan fingerprint density at radius 3 is 2.67 bits per heavy atom. The molecule has 120 valence electrons. The van der Waals surface area contributed by atoms with Gasteiger partial charge in [-0.1, -0.05) is 11.6 Å². The fraction of sp³-hybridized carbons (Fsp3) is 0.538. The van der Waals surface area contributed by atoms with E-state index in [0.717, 1.165) is 0 Å². The number of nitrogen functional groups attached to an aromatic ring is 1. The van der Waals surface area contributed by atoms with Gasteiger partial charge < -0.3 is 15.6 Å². The summed E-state index contributed by atoms with van der Waals surface area (Å²) in [6, 6.07) is 2.80. The highest BCUT2D eigenvalue weighted by Crippen LogP contribution is 2.26. The summed E-state index contributed by atoms with van der Waals surface area (Å²) < 4.78 is 31.7. The number of nitrogens with one attached hydrogen (secondary N) is 1. The number of methoxy groups -OCH3 is 1. The quantitative estimate of drug-likeness (QED) is 0.651. The van der Waals surface area contributed by atoms with E-state index in [2.05, 4.69) is 4.72 Å². The van der Waals surface area contributed by atoms with E-state index in [1.54, 1.807) is 6.92 Å². The van der Waals surface area contributed by atoms with Gasteiger partial charge >= 0.3 is 0 Å². The van der Waals surface area contributed by atoms with Crippen molar-refractivity contribution >= 4 is 27.3 Å². The van der Waals surface area contributed by atoms with Crippen LogP contribution in [0, 0.1) is 6.92 Å². The molecule has 1 atom stereocenters. The van der Waals surface area contributed by atoms with E-state index < -0.39 is 15.6 Å². The van der Waals surface area contributed by atoms with Crippen molar-refractivity contribution in [2.45, 2.75) is 30.8 Å². The first-order valence-corrected chi connectivity index (χ1v) is 8.22. The monoisotopic (exact) mass is 336 g/mol. The summed E-state index contributed by atoms with van der Waals surface area (Å²) in [5, 5.41) is 10.1. The third-order valence-electron chi connectivity index (χ3n) is 3.10. The average molecular weight is 337 g/mol. The lowest BCUT2D eigenvalue weighted by Crippen LogP contribution is -2.41. The van der Waals surface area contributed by atoms with Gasteiger partial charge in [0.15, 0.2) is 0 Å². The lowest BCUT2D eigenvalue weighted by atomic mass is 10.0. The number of ether oxygens (including phenoxy) is 1. The van der Waals surface area contributed by atoms with Gasteiger partial charge in [-0.05, 0) is 31.5 Å². The highest BCUT2D eigenvalue weighted by molar-refractivity contribution is 7.89. The minimum absolute atomic E-state index is 0.0886. The van der Waals surface area contributed by atoms with Crippen molar-refractivity contribution in [3.63, 3.8) is 0 Å². The molecule has 0 saturated carbocycles. The number of halogens is 1. The van der Waals surface area contributed by atoms with Crippen LogP contribution in [0.15, 0.2) is 17.0 Å². The second-order valence-electron chi connectivity index (χ2n) is 5.20. The molecular formula is C13H21ClN2O4S. The number of aryl methyl sites for hydroxylation is 1. The maximum Gasteiger partial charge on any atom is 0.242 e. The van der Waals surface area contributed by atoms with E-state index >= 15 is 0 Å². The van der Waals surface area contributed by atoms with Crippen molar-refractivity contribution in [1.82, 2.24) is 4.72 Å². The molecule has 0 bridgehead atoms. The minimum Gasteiger partial charge on any atom is -0.398 e. The van der Waals surface area contributed by atoms with E-state index in [4.69, 9.17) is 22.1 Å². The van der Waals surface area contributed by atoms with Crippen LogP contribution in [-0.2, 0) is 14.8 Å². The maximum atomic E-state index is 12.2. The van der Waals surface area contributed by atoms with Crippen molar-refractivity contribution in [3.8, 4) is 0 Å². The molecule has 1 rings (SSSR count). The van der Waals surface area contributed by atoms with Gasteiger partial charge in [0.2, 0.25) is 10.0 Å². The molecule has 0 fully saturated rings. The zero-order valence-electron chi connectivity index (χ0n) is 12.3. The molecule has 0 radical (unpaired) electrons. The predicted octanol–water partition coefficient (Wildman–Crippen LogP) is 1.30. The van der Waals surface area contributed by atoms with Gasteiger partial charge in [-0.3, -0.25) is 0 Å². The zero-order valence-corrected chi connectivity index (χ0v) is 13.9. The van der Waals surface area contributed by atoms with Crippen molar-refractivity contribution in [3.05, 3.63) is 22.7 Å². The van der Waals surface area contributed by atoms with Crippen molar-refractivity contribution in [1.29, 1.82) is 0 Å². The minimum atomic E-state index is -3.85. The Kier molecular flexibility index (Phi) is 6.01. The molecule has 6 nitrogen and oxygen atoms in total. The maximum absolute atomic E-state index is 12.2. The van der Waals surface area contributed by atoms with Crippen molar-refractivity contribution in [2.24, 2.45) is 0 Å². The zero-order chi connectivity index (χ0) is 16.3. The largest absolute Gasteiger partial charge is 0.398 e. The molecular weight excluding hydrogens is 316 g/mol. The Balaban J connectivity index is 2.90. The first-order valence-electron chi connectivity index (χ1n) is 6.36. The summed E-state index contributed by atoms with van der Waals surface area (Å²) in [6.07, 6.45) is 0.301. The second-order valence-corrected chi connectivity index (χ2v) is 7.35. The van der Waals surface area contributed by atoms with Gasteiger partial charge in [0.1, 0.15) is 4.90 Å². The summed E-state index contributed by atoms with van der Waals surface area (Å²) >= 11 is 5.96. The number of anilines is 1. The van der Waals surface area contributed by atoms with Crippen molar-refractivity contribution in [2.75, 3.05) is 26.0 Å². The SMILES string of the molecule is COCCC(C)(O)CNS(=O)(=O)c1cc(N)c(C)cc1Cl. The van der Waals surface area contributed by atoms with Gasteiger partial charge in [0.25, 0.3) is 0 Å². The number of hydrogen-bond donors (Lipinski definition) is 3. The molecule has 4 N–H and O–H groups in total. The Morgan fingerprint density at radius 2 is 2.10 bits per heavy atom. The summed E-state index contributed by atoms with van der Waals surface area (Å²) in [6.45, 7) is 3.44. The Bertz CT molecular complexity index is 602. The van der Waals surface area contributed by atoms with E-state index in [1.807, 2.05) is 0 Å². The molecule has 0 aliphatic rings. The summed E-state index contributed by atoms with van der Waals surface area (Å²) in [5.74, 6) is 0. The lowest BCUT2D eigenvalue weighted by molar-refractivity contribution is 0.0292. The Hall–Kier alpha value is -0.860. The number of nitrogens with two attached hydrogens (primary N) is 1. The number of benzene rings is 1. The third kappa shape index (κ3) is 5.12. The van der Waals surface area contributed by atoms with Crippen LogP contribution in [0.25, 0.3) is 0 Å². The average Bonchev–Trinajstić information content (AvgIpc) is 2.38. The summed E-state index contributed by atoms with van der Waals surface area (Å²) in [4.78, 5) is -0.102. The first kappa shape index (κ1) is 18.2. The standard InChI is InChI=1S/C13H21ClN2O4S/c1-9-6-10(14)12(7-11(9)15)21(18,19)16-8-13(2,17)4-5-20-3/h6-7,16-17H,4-5,8,15H2,1-3H3. The number of rotatable bonds is 7. The predicted molar refractivity (Wildman–Crippen MR) is 82.9 cm³/mol. The molecule has 8 heteroatoms. The molecule has 0 amide bonds. The van der Waals surface area contributed by atoms with Gasteiger partial charge in [0, 0.05) is 32.4 Å². The topological polar surface area (TPSA) is 102 Å². The highest BCUT2D eigenvalue weighted by Gasteiger charge is 2.25. The molecule has 1 aromatic carbocycles. The first-order chi connectivity index (χ1) is 9.59. The molecule has 0 heterocycles. The van der Waals surface area contributed by atoms with Crippen LogP contribution in [0.5, 0.6) is 0 Å². The van der Waals surface area contributed by atoms with Crippen LogP contribution < -0.4 is 10.5 Å². The van der Waals surface area contributed by atoms with Gasteiger partial charge in [-0.2, -0.15) is 0 Å². The van der Waals surface area contributed by atoms with Gasteiger partial charge in [-0.15, -0.1) is 0 Å². The summed E-state index contributed by atoms with van der Waals surface area (Å²) in [7, 11) is -2.34. The molecule has 1 unspecified atom stereocenters. The number of sulfonamides is 1. The molecule has 1 aromatic rings. The number of aliphatic hydroxyl groups is 1. The number of hydrogen-bond acceptors (Lipinski definition) is 5. The van der Waals surface area contributed by atoms with Crippen LogP contribution >= 0.6 is 11.6 Å². The van der Waals surface area contributed by atoms with E-state index in [9.17, 15) is 13.5 Å².